The van der Waals surface area contributed by atoms with Crippen molar-refractivity contribution in [3.63, 3.8) is 0 Å². The minimum atomic E-state index is -1.01. The van der Waals surface area contributed by atoms with Crippen LogP contribution < -0.4 is 5.32 Å². The monoisotopic (exact) mass is 403 g/mol. The number of carboxylic acid groups (broad SMARTS) is 1. The number of hydrogen-bond donors (Lipinski definition) is 2. The van der Waals surface area contributed by atoms with Gasteiger partial charge >= 0.3 is 19.2 Å². The van der Waals surface area contributed by atoms with Crippen LogP contribution in [0.4, 0.5) is 4.79 Å². The number of carbonyl (C=O) groups is 2. The molecule has 2 rings (SSSR count). The van der Waals surface area contributed by atoms with E-state index < -0.39 is 36.0 Å². The van der Waals surface area contributed by atoms with E-state index in [1.54, 1.807) is 45.0 Å². The molecule has 7 nitrogen and oxygen atoms in total. The second-order valence-corrected chi connectivity index (χ2v) is 9.09. The molecule has 1 aromatic rings. The van der Waals surface area contributed by atoms with Gasteiger partial charge in [0.05, 0.1) is 16.8 Å². The first-order valence-electron chi connectivity index (χ1n) is 9.56. The maximum absolute atomic E-state index is 12.1. The van der Waals surface area contributed by atoms with Crippen LogP contribution in [0.2, 0.25) is 0 Å². The third-order valence-electron chi connectivity index (χ3n) is 4.88. The van der Waals surface area contributed by atoms with E-state index in [0.29, 0.717) is 11.0 Å². The van der Waals surface area contributed by atoms with Crippen molar-refractivity contribution in [2.45, 2.75) is 65.3 Å². The van der Waals surface area contributed by atoms with Crippen molar-refractivity contribution >= 4 is 25.3 Å². The highest BCUT2D eigenvalue weighted by Gasteiger charge is 2.52. The normalized spacial score (nSPS) is 18.4. The molecular formula is C21H30BNO6. The van der Waals surface area contributed by atoms with E-state index in [1.807, 2.05) is 27.7 Å². The summed E-state index contributed by atoms with van der Waals surface area (Å²) in [7, 11) is -0.691. The molecule has 29 heavy (non-hydrogen) atoms. The highest BCUT2D eigenvalue weighted by atomic mass is 16.7. The number of carboxylic acids is 1. The topological polar surface area (TPSA) is 94.1 Å². The fourth-order valence-electron chi connectivity index (χ4n) is 2.66. The Bertz CT molecular complexity index is 794. The van der Waals surface area contributed by atoms with Crippen molar-refractivity contribution in [2.24, 2.45) is 0 Å². The van der Waals surface area contributed by atoms with Crippen LogP contribution in [0.25, 0.3) is 6.08 Å². The van der Waals surface area contributed by atoms with Crippen molar-refractivity contribution in [3.8, 4) is 0 Å². The zero-order chi connectivity index (χ0) is 22.0. The molecule has 1 saturated heterocycles. The molecule has 1 heterocycles. The molecule has 0 radical (unpaired) electrons. The van der Waals surface area contributed by atoms with Crippen LogP contribution in [-0.4, -0.2) is 47.6 Å². The molecule has 0 bridgehead atoms. The van der Waals surface area contributed by atoms with E-state index >= 15 is 0 Å². The molecule has 158 valence electrons. The lowest BCUT2D eigenvalue weighted by molar-refractivity contribution is 0.00578. The predicted octanol–water partition coefficient (Wildman–Crippen LogP) is 3.92. The number of rotatable bonds is 5. The van der Waals surface area contributed by atoms with Crippen molar-refractivity contribution in [2.75, 3.05) is 6.54 Å². The molecule has 1 aromatic carbocycles. The van der Waals surface area contributed by atoms with Crippen molar-refractivity contribution in [3.05, 3.63) is 40.9 Å². The number of nitrogens with one attached hydrogen (secondary N) is 1. The van der Waals surface area contributed by atoms with Crippen molar-refractivity contribution in [1.82, 2.24) is 5.32 Å². The molecule has 1 amide bonds. The first kappa shape index (κ1) is 23.0. The van der Waals surface area contributed by atoms with Gasteiger partial charge in [-0.1, -0.05) is 18.2 Å². The van der Waals surface area contributed by atoms with E-state index in [9.17, 15) is 14.7 Å². The maximum atomic E-state index is 12.1. The number of carbonyl (C=O) groups excluding carboxylic acids is 1. The first-order valence-corrected chi connectivity index (χ1v) is 9.56. The second-order valence-electron chi connectivity index (χ2n) is 9.09. The molecule has 0 spiro atoms. The van der Waals surface area contributed by atoms with Crippen LogP contribution >= 0.6 is 0 Å². The largest absolute Gasteiger partial charge is 0.492 e. The van der Waals surface area contributed by atoms with Crippen LogP contribution in [0.3, 0.4) is 0 Å². The van der Waals surface area contributed by atoms with E-state index in [2.05, 4.69) is 5.32 Å². The molecule has 0 atom stereocenters. The van der Waals surface area contributed by atoms with Crippen LogP contribution in [0, 0.1) is 0 Å². The van der Waals surface area contributed by atoms with Gasteiger partial charge in [0.15, 0.2) is 0 Å². The number of aromatic carboxylic acids is 1. The van der Waals surface area contributed by atoms with Gasteiger partial charge in [-0.2, -0.15) is 0 Å². The number of benzene rings is 1. The van der Waals surface area contributed by atoms with Crippen LogP contribution in [-0.2, 0) is 14.0 Å². The summed E-state index contributed by atoms with van der Waals surface area (Å²) in [6, 6.07) is 6.53. The Hall–Kier alpha value is -2.32. The molecule has 8 heteroatoms. The van der Waals surface area contributed by atoms with Gasteiger partial charge in [-0.05, 0) is 71.6 Å². The fourth-order valence-corrected chi connectivity index (χ4v) is 2.66. The summed E-state index contributed by atoms with van der Waals surface area (Å²) in [6.07, 6.45) is 1.21. The van der Waals surface area contributed by atoms with Gasteiger partial charge in [-0.3, -0.25) is 0 Å². The summed E-state index contributed by atoms with van der Waals surface area (Å²) in [5.41, 5.74) is -0.226. The fraction of sp³-hybridized carbons (Fsp3) is 0.524. The van der Waals surface area contributed by atoms with Crippen molar-refractivity contribution in [1.29, 1.82) is 0 Å². The van der Waals surface area contributed by atoms with Crippen molar-refractivity contribution < 1.29 is 28.7 Å². The molecule has 0 unspecified atom stereocenters. The lowest BCUT2D eigenvalue weighted by atomic mass is 9.77. The molecule has 0 aromatic heterocycles. The maximum Gasteiger partial charge on any atom is 0.492 e. The first-order chi connectivity index (χ1) is 13.2. The van der Waals surface area contributed by atoms with E-state index in [1.165, 1.54) is 6.07 Å². The Kier molecular flexibility index (Phi) is 6.50. The average molecular weight is 403 g/mol. The van der Waals surface area contributed by atoms with Crippen LogP contribution in [0.5, 0.6) is 0 Å². The molecule has 1 aliphatic heterocycles. The number of ether oxygens (including phenoxy) is 1. The van der Waals surface area contributed by atoms with Gasteiger partial charge in [0.1, 0.15) is 5.60 Å². The second kappa shape index (κ2) is 8.20. The van der Waals surface area contributed by atoms with Crippen LogP contribution in [0.1, 0.15) is 64.4 Å². The lowest BCUT2D eigenvalue weighted by Gasteiger charge is -2.32. The summed E-state index contributed by atoms with van der Waals surface area (Å²) in [4.78, 5) is 23.4. The standard InChI is InChI=1S/C21H30BNO6/c1-19(2,3)27-18(26)23-13-16(22-28-20(4,5)21(6,7)29-22)12-14-9-8-10-15(11-14)17(24)25/h8-12H,13H2,1-7H3,(H,23,26)(H,24,25). The minimum absolute atomic E-state index is 0.128. The summed E-state index contributed by atoms with van der Waals surface area (Å²) in [5, 5.41) is 12.0. The van der Waals surface area contributed by atoms with E-state index in [0.717, 1.165) is 0 Å². The summed E-state index contributed by atoms with van der Waals surface area (Å²) < 4.78 is 17.5. The molecule has 0 aliphatic carbocycles. The average Bonchev–Trinajstić information content (AvgIpc) is 2.77. The third-order valence-corrected chi connectivity index (χ3v) is 4.88. The number of alkyl carbamates (subject to hydrolysis) is 1. The highest BCUT2D eigenvalue weighted by molar-refractivity contribution is 6.56. The zero-order valence-corrected chi connectivity index (χ0v) is 18.2. The molecule has 1 fully saturated rings. The molecule has 2 N–H and O–H groups in total. The third kappa shape index (κ3) is 6.08. The SMILES string of the molecule is CC(C)(C)OC(=O)NCC(=Cc1cccc(C(=O)O)c1)B1OC(C)(C)C(C)(C)O1. The molecule has 0 saturated carbocycles. The Morgan fingerprint density at radius 3 is 2.28 bits per heavy atom. The molecular weight excluding hydrogens is 373 g/mol. The molecule has 1 aliphatic rings. The zero-order valence-electron chi connectivity index (χ0n) is 18.2. The Morgan fingerprint density at radius 1 is 1.17 bits per heavy atom. The smallest absolute Gasteiger partial charge is 0.478 e. The van der Waals surface area contributed by atoms with E-state index in [-0.39, 0.29) is 12.1 Å². The predicted molar refractivity (Wildman–Crippen MR) is 112 cm³/mol. The van der Waals surface area contributed by atoms with Gasteiger partial charge < -0.3 is 24.5 Å². The van der Waals surface area contributed by atoms with Gasteiger partial charge in [0, 0.05) is 6.54 Å². The number of amides is 1. The van der Waals surface area contributed by atoms with Crippen LogP contribution in [0.15, 0.2) is 29.7 Å². The minimum Gasteiger partial charge on any atom is -0.478 e. The Labute approximate surface area is 172 Å². The van der Waals surface area contributed by atoms with Gasteiger partial charge in [0.2, 0.25) is 0 Å². The summed E-state index contributed by atoms with van der Waals surface area (Å²) in [5.74, 6) is -1.01. The summed E-state index contributed by atoms with van der Waals surface area (Å²) in [6.45, 7) is 13.3. The van der Waals surface area contributed by atoms with E-state index in [4.69, 9.17) is 14.0 Å². The Morgan fingerprint density at radius 2 is 1.76 bits per heavy atom. The quantitative estimate of drug-likeness (QED) is 0.724. The highest BCUT2D eigenvalue weighted by Crippen LogP contribution is 2.38. The Balaban J connectivity index is 2.30. The lowest BCUT2D eigenvalue weighted by Crippen LogP contribution is -2.41. The number of hydrogen-bond acceptors (Lipinski definition) is 5. The van der Waals surface area contributed by atoms with Gasteiger partial charge in [0.25, 0.3) is 0 Å². The van der Waals surface area contributed by atoms with Gasteiger partial charge in [-0.25, -0.2) is 9.59 Å². The van der Waals surface area contributed by atoms with Gasteiger partial charge in [-0.15, -0.1) is 0 Å². The summed E-state index contributed by atoms with van der Waals surface area (Å²) >= 11 is 0.